The summed E-state index contributed by atoms with van der Waals surface area (Å²) in [5.41, 5.74) is 2.03. The van der Waals surface area contributed by atoms with E-state index in [1.165, 1.54) is 0 Å². The maximum atomic E-state index is 11.8. The van der Waals surface area contributed by atoms with E-state index in [4.69, 9.17) is 9.47 Å². The van der Waals surface area contributed by atoms with Crippen LogP contribution in [-0.4, -0.2) is 31.1 Å². The first kappa shape index (κ1) is 13.5. The fourth-order valence-electron chi connectivity index (χ4n) is 1.90. The number of ether oxygens (including phenoxy) is 2. The summed E-state index contributed by atoms with van der Waals surface area (Å²) in [5.74, 6) is 1.54. The number of nitrogens with zero attached hydrogens (tertiary/aromatic N) is 1. The molecule has 0 atom stereocenters. The Hall–Kier alpha value is -1.97. The zero-order valence-corrected chi connectivity index (χ0v) is 11.6. The van der Waals surface area contributed by atoms with E-state index in [0.29, 0.717) is 19.8 Å². The van der Waals surface area contributed by atoms with Gasteiger partial charge in [0.2, 0.25) is 5.91 Å². The number of fused-ring (bicyclic) bond motifs is 1. The van der Waals surface area contributed by atoms with Gasteiger partial charge in [0.05, 0.1) is 0 Å². The minimum absolute atomic E-state index is 0.00916. The molecule has 4 nitrogen and oxygen atoms in total. The smallest absolute Gasteiger partial charge is 0.246 e. The summed E-state index contributed by atoms with van der Waals surface area (Å²) in [5, 5.41) is 0. The number of amides is 1. The highest BCUT2D eigenvalue weighted by atomic mass is 16.6. The van der Waals surface area contributed by atoms with Crippen molar-refractivity contribution >= 4 is 5.91 Å². The van der Waals surface area contributed by atoms with E-state index in [1.54, 1.807) is 18.0 Å². The monoisotopic (exact) mass is 261 g/mol. The van der Waals surface area contributed by atoms with Crippen LogP contribution in [0, 0.1) is 0 Å². The van der Waals surface area contributed by atoms with Crippen LogP contribution in [0.15, 0.2) is 29.8 Å². The van der Waals surface area contributed by atoms with Crippen molar-refractivity contribution in [3.63, 3.8) is 0 Å². The summed E-state index contributed by atoms with van der Waals surface area (Å²) in [7, 11) is 1.79. The summed E-state index contributed by atoms with van der Waals surface area (Å²) in [6, 6.07) is 5.78. The van der Waals surface area contributed by atoms with Crippen LogP contribution in [0.4, 0.5) is 0 Å². The molecule has 1 heterocycles. The van der Waals surface area contributed by atoms with Crippen LogP contribution in [0.2, 0.25) is 0 Å². The number of likely N-dealkylation sites (N-methyl/N-ethyl adjacent to an activating group) is 1. The molecule has 0 saturated heterocycles. The van der Waals surface area contributed by atoms with Crippen molar-refractivity contribution in [3.8, 4) is 11.5 Å². The van der Waals surface area contributed by atoms with Gasteiger partial charge in [0, 0.05) is 19.7 Å². The van der Waals surface area contributed by atoms with Gasteiger partial charge in [0.25, 0.3) is 0 Å². The van der Waals surface area contributed by atoms with Crippen LogP contribution in [0.5, 0.6) is 11.5 Å². The Labute approximate surface area is 113 Å². The van der Waals surface area contributed by atoms with Crippen LogP contribution in [-0.2, 0) is 11.3 Å². The molecular weight excluding hydrogens is 242 g/mol. The van der Waals surface area contributed by atoms with Gasteiger partial charge in [0.15, 0.2) is 11.5 Å². The number of carbonyl (C=O) groups excluding carboxylic acids is 1. The molecule has 0 radical (unpaired) electrons. The quantitative estimate of drug-likeness (QED) is 0.784. The number of hydrogen-bond acceptors (Lipinski definition) is 3. The number of allylic oxidation sites excluding steroid dienone is 1. The van der Waals surface area contributed by atoms with Crippen molar-refractivity contribution in [3.05, 3.63) is 35.4 Å². The molecule has 0 unspecified atom stereocenters. The molecule has 1 aromatic carbocycles. The maximum Gasteiger partial charge on any atom is 0.246 e. The van der Waals surface area contributed by atoms with Crippen LogP contribution < -0.4 is 9.47 Å². The Morgan fingerprint density at radius 2 is 1.95 bits per heavy atom. The zero-order chi connectivity index (χ0) is 13.8. The minimum atomic E-state index is 0.00916. The molecule has 0 saturated carbocycles. The molecule has 0 aromatic heterocycles. The molecule has 0 aliphatic carbocycles. The van der Waals surface area contributed by atoms with Crippen molar-refractivity contribution in [2.75, 3.05) is 20.3 Å². The van der Waals surface area contributed by atoms with Gasteiger partial charge in [-0.05, 0) is 31.5 Å². The average Bonchev–Trinajstić information content (AvgIpc) is 2.37. The van der Waals surface area contributed by atoms with E-state index in [2.05, 4.69) is 0 Å². The highest BCUT2D eigenvalue weighted by Gasteiger charge is 2.13. The fraction of sp³-hybridized carbons (Fsp3) is 0.400. The Kier molecular flexibility index (Phi) is 4.10. The molecule has 1 aliphatic rings. The average molecular weight is 261 g/mol. The highest BCUT2D eigenvalue weighted by Crippen LogP contribution is 2.31. The van der Waals surface area contributed by atoms with E-state index in [1.807, 2.05) is 32.0 Å². The number of hydrogen-bond donors (Lipinski definition) is 0. The molecule has 0 N–H and O–H groups in total. The lowest BCUT2D eigenvalue weighted by atomic mass is 10.2. The summed E-state index contributed by atoms with van der Waals surface area (Å²) in [6.45, 7) is 5.54. The minimum Gasteiger partial charge on any atom is -0.486 e. The third-order valence-corrected chi connectivity index (χ3v) is 2.81. The van der Waals surface area contributed by atoms with Crippen LogP contribution >= 0.6 is 0 Å². The molecule has 1 aromatic rings. The molecule has 102 valence electrons. The fourth-order valence-corrected chi connectivity index (χ4v) is 1.90. The summed E-state index contributed by atoms with van der Waals surface area (Å²) in [4.78, 5) is 13.5. The van der Waals surface area contributed by atoms with Crippen molar-refractivity contribution in [1.29, 1.82) is 0 Å². The van der Waals surface area contributed by atoms with Gasteiger partial charge in [-0.3, -0.25) is 4.79 Å². The van der Waals surface area contributed by atoms with E-state index in [0.717, 1.165) is 22.6 Å². The van der Waals surface area contributed by atoms with E-state index < -0.39 is 0 Å². The molecule has 0 fully saturated rings. The van der Waals surface area contributed by atoms with Crippen molar-refractivity contribution in [2.45, 2.75) is 20.4 Å². The summed E-state index contributed by atoms with van der Waals surface area (Å²) >= 11 is 0. The first-order valence-electron chi connectivity index (χ1n) is 6.35. The third-order valence-electron chi connectivity index (χ3n) is 2.81. The van der Waals surface area contributed by atoms with Gasteiger partial charge in [-0.25, -0.2) is 0 Å². The second-order valence-corrected chi connectivity index (χ2v) is 4.89. The number of carbonyl (C=O) groups is 1. The molecule has 4 heteroatoms. The van der Waals surface area contributed by atoms with Crippen molar-refractivity contribution in [2.24, 2.45) is 0 Å². The van der Waals surface area contributed by atoms with E-state index >= 15 is 0 Å². The lowest BCUT2D eigenvalue weighted by molar-refractivity contribution is -0.125. The van der Waals surface area contributed by atoms with Crippen LogP contribution in [0.3, 0.4) is 0 Å². The first-order chi connectivity index (χ1) is 9.06. The first-order valence-corrected chi connectivity index (χ1v) is 6.35. The second-order valence-electron chi connectivity index (χ2n) is 4.89. The molecule has 1 amide bonds. The van der Waals surface area contributed by atoms with E-state index in [-0.39, 0.29) is 5.91 Å². The Morgan fingerprint density at radius 1 is 1.26 bits per heavy atom. The Bertz CT molecular complexity index is 504. The third kappa shape index (κ3) is 3.50. The van der Waals surface area contributed by atoms with Crippen molar-refractivity contribution < 1.29 is 14.3 Å². The van der Waals surface area contributed by atoms with Gasteiger partial charge in [0.1, 0.15) is 13.2 Å². The second kappa shape index (κ2) is 5.78. The van der Waals surface area contributed by atoms with Gasteiger partial charge >= 0.3 is 0 Å². The maximum absolute atomic E-state index is 11.8. The molecule has 1 aliphatic heterocycles. The molecule has 0 spiro atoms. The predicted molar refractivity (Wildman–Crippen MR) is 73.3 cm³/mol. The number of benzene rings is 1. The Balaban J connectivity index is 2.07. The molecular formula is C15H19NO3. The molecule has 0 bridgehead atoms. The van der Waals surface area contributed by atoms with Gasteiger partial charge < -0.3 is 14.4 Å². The molecule has 19 heavy (non-hydrogen) atoms. The standard InChI is InChI=1S/C15H19NO3/c1-11(2)8-15(17)16(3)10-12-4-5-13-14(9-12)19-7-6-18-13/h4-5,8-9H,6-7,10H2,1-3H3. The SMILES string of the molecule is CC(C)=CC(=O)N(C)Cc1ccc2c(c1)OCCO2. The van der Waals surface area contributed by atoms with Crippen LogP contribution in [0.25, 0.3) is 0 Å². The summed E-state index contributed by atoms with van der Waals surface area (Å²) < 4.78 is 11.0. The summed E-state index contributed by atoms with van der Waals surface area (Å²) in [6.07, 6.45) is 1.64. The lowest BCUT2D eigenvalue weighted by Crippen LogP contribution is -2.24. The predicted octanol–water partition coefficient (Wildman–Crippen LogP) is 2.38. The topological polar surface area (TPSA) is 38.8 Å². The van der Waals surface area contributed by atoms with Gasteiger partial charge in [-0.1, -0.05) is 11.6 Å². The molecule has 2 rings (SSSR count). The largest absolute Gasteiger partial charge is 0.486 e. The highest BCUT2D eigenvalue weighted by molar-refractivity contribution is 5.87. The zero-order valence-electron chi connectivity index (χ0n) is 11.6. The van der Waals surface area contributed by atoms with E-state index in [9.17, 15) is 4.79 Å². The van der Waals surface area contributed by atoms with Crippen LogP contribution in [0.1, 0.15) is 19.4 Å². The Morgan fingerprint density at radius 3 is 2.63 bits per heavy atom. The normalized spacial score (nSPS) is 12.8. The van der Waals surface area contributed by atoms with Gasteiger partial charge in [-0.2, -0.15) is 0 Å². The van der Waals surface area contributed by atoms with Gasteiger partial charge in [-0.15, -0.1) is 0 Å². The number of rotatable bonds is 3. The lowest BCUT2D eigenvalue weighted by Gasteiger charge is -2.20. The van der Waals surface area contributed by atoms with Crippen molar-refractivity contribution in [1.82, 2.24) is 4.90 Å².